The lowest BCUT2D eigenvalue weighted by molar-refractivity contribution is 0.161. The van der Waals surface area contributed by atoms with Crippen LogP contribution in [0.2, 0.25) is 0 Å². The van der Waals surface area contributed by atoms with Crippen molar-refractivity contribution in [2.45, 2.75) is 29.0 Å². The minimum absolute atomic E-state index is 0. The van der Waals surface area contributed by atoms with Gasteiger partial charge in [-0.25, -0.2) is 0 Å². The van der Waals surface area contributed by atoms with E-state index in [9.17, 15) is 0 Å². The molecular formula is C14H20Cl2N2S. The van der Waals surface area contributed by atoms with E-state index in [1.165, 1.54) is 42.9 Å². The molecule has 1 aromatic carbocycles. The van der Waals surface area contributed by atoms with E-state index in [2.05, 4.69) is 46.7 Å². The van der Waals surface area contributed by atoms with E-state index >= 15 is 0 Å². The number of halogens is 2. The molecule has 1 aliphatic carbocycles. The van der Waals surface area contributed by atoms with Gasteiger partial charge in [0.05, 0.1) is 4.87 Å². The van der Waals surface area contributed by atoms with E-state index in [1.54, 1.807) is 0 Å². The van der Waals surface area contributed by atoms with E-state index < -0.39 is 0 Å². The van der Waals surface area contributed by atoms with Gasteiger partial charge in [0.2, 0.25) is 0 Å². The molecule has 0 amide bonds. The van der Waals surface area contributed by atoms with E-state index in [-0.39, 0.29) is 24.8 Å². The van der Waals surface area contributed by atoms with Gasteiger partial charge < -0.3 is 10.6 Å². The second kappa shape index (κ2) is 5.72. The molecule has 1 aromatic rings. The molecule has 2 aliphatic heterocycles. The third kappa shape index (κ3) is 2.25. The van der Waals surface area contributed by atoms with E-state index in [0.29, 0.717) is 4.87 Å². The molecule has 0 aromatic heterocycles. The molecule has 2 unspecified atom stereocenters. The van der Waals surface area contributed by atoms with Crippen molar-refractivity contribution in [1.82, 2.24) is 5.32 Å². The minimum atomic E-state index is 0. The summed E-state index contributed by atoms with van der Waals surface area (Å²) < 4.78 is 0. The van der Waals surface area contributed by atoms with Crippen LogP contribution in [0.5, 0.6) is 0 Å². The van der Waals surface area contributed by atoms with Crippen LogP contribution < -0.4 is 10.6 Å². The van der Waals surface area contributed by atoms with Gasteiger partial charge in [0.1, 0.15) is 0 Å². The van der Waals surface area contributed by atoms with Crippen LogP contribution in [0.3, 0.4) is 0 Å². The number of nitrogens with one attached hydrogen (secondary N) is 2. The molecule has 0 radical (unpaired) electrons. The fourth-order valence-corrected chi connectivity index (χ4v) is 5.40. The molecule has 3 aliphatic rings. The number of piperidine rings is 1. The zero-order valence-corrected chi connectivity index (χ0v) is 13.2. The Morgan fingerprint density at radius 1 is 1.05 bits per heavy atom. The van der Waals surface area contributed by atoms with Gasteiger partial charge in [0.15, 0.2) is 0 Å². The molecule has 2 fully saturated rings. The topological polar surface area (TPSA) is 24.1 Å². The summed E-state index contributed by atoms with van der Waals surface area (Å²) in [6.45, 7) is 2.37. The van der Waals surface area contributed by atoms with Gasteiger partial charge >= 0.3 is 0 Å². The molecule has 19 heavy (non-hydrogen) atoms. The van der Waals surface area contributed by atoms with Crippen LogP contribution in [0.25, 0.3) is 0 Å². The van der Waals surface area contributed by atoms with Crippen LogP contribution in [0.15, 0.2) is 29.2 Å². The van der Waals surface area contributed by atoms with E-state index in [4.69, 9.17) is 0 Å². The molecule has 5 heteroatoms. The van der Waals surface area contributed by atoms with Crippen molar-refractivity contribution in [3.05, 3.63) is 24.3 Å². The van der Waals surface area contributed by atoms with Crippen molar-refractivity contribution in [2.24, 2.45) is 11.8 Å². The molecule has 4 rings (SSSR count). The number of thioether (sulfide) groups is 1. The largest absolute Gasteiger partial charge is 0.369 e. The molecule has 2 bridgehead atoms. The Balaban J connectivity index is 0.000000667. The summed E-state index contributed by atoms with van der Waals surface area (Å²) in [7, 11) is 0. The zero-order valence-electron chi connectivity index (χ0n) is 10.7. The standard InChI is InChI=1S/C14H18N2S.2ClH/c1-2-7-13-12(6-1)16-14(17-13)10-4-3-5-11(14)9-15-8-10;;/h1-2,6-7,10-11,15-16H,3-5,8-9H2;2*1H. The average molecular weight is 319 g/mol. The SMILES string of the molecule is Cl.Cl.c1ccc2c(c1)NC1(S2)C2CCCC1CNC2. The molecule has 2 N–H and O–H groups in total. The van der Waals surface area contributed by atoms with Crippen LogP contribution in [-0.2, 0) is 0 Å². The summed E-state index contributed by atoms with van der Waals surface area (Å²) in [4.78, 5) is 1.75. The maximum Gasteiger partial charge on any atom is 0.0961 e. The van der Waals surface area contributed by atoms with Gasteiger partial charge in [-0.2, -0.15) is 0 Å². The highest BCUT2D eigenvalue weighted by atomic mass is 35.5. The lowest BCUT2D eigenvalue weighted by atomic mass is 9.73. The third-order valence-corrected chi connectivity index (χ3v) is 6.28. The fourth-order valence-electron chi connectivity index (χ4n) is 3.76. The minimum Gasteiger partial charge on any atom is -0.369 e. The highest BCUT2D eigenvalue weighted by Crippen LogP contribution is 2.57. The van der Waals surface area contributed by atoms with Gasteiger partial charge in [0.25, 0.3) is 0 Å². The number of fused-ring (bicyclic) bond motifs is 1. The second-order valence-corrected chi connectivity index (χ2v) is 6.82. The first-order valence-corrected chi connectivity index (χ1v) is 7.47. The van der Waals surface area contributed by atoms with E-state index in [0.717, 1.165) is 11.8 Å². The molecule has 2 heterocycles. The van der Waals surface area contributed by atoms with Crippen LogP contribution in [-0.4, -0.2) is 18.0 Å². The van der Waals surface area contributed by atoms with Gasteiger partial charge in [0, 0.05) is 35.5 Å². The second-order valence-electron chi connectivity index (χ2n) is 5.50. The Bertz CT molecular complexity index is 406. The van der Waals surface area contributed by atoms with Gasteiger partial charge in [-0.1, -0.05) is 30.3 Å². The predicted molar refractivity (Wildman–Crippen MR) is 86.8 cm³/mol. The van der Waals surface area contributed by atoms with Crippen LogP contribution in [0, 0.1) is 11.8 Å². The summed E-state index contributed by atoms with van der Waals surface area (Å²) >= 11 is 2.10. The number of hydrogen-bond donors (Lipinski definition) is 2. The molecular weight excluding hydrogens is 299 g/mol. The average Bonchev–Trinajstić information content (AvgIpc) is 2.67. The van der Waals surface area contributed by atoms with Crippen LogP contribution in [0.1, 0.15) is 19.3 Å². The van der Waals surface area contributed by atoms with Gasteiger partial charge in [-0.15, -0.1) is 24.8 Å². The zero-order chi connectivity index (χ0) is 11.3. The predicted octanol–water partition coefficient (Wildman–Crippen LogP) is 3.76. The van der Waals surface area contributed by atoms with Crippen molar-refractivity contribution in [1.29, 1.82) is 0 Å². The molecule has 1 saturated heterocycles. The molecule has 2 nitrogen and oxygen atoms in total. The number of hydrogen-bond acceptors (Lipinski definition) is 3. The summed E-state index contributed by atoms with van der Waals surface area (Å²) in [5.41, 5.74) is 1.36. The number of para-hydroxylation sites is 1. The summed E-state index contributed by atoms with van der Waals surface area (Å²) in [5.74, 6) is 1.57. The Morgan fingerprint density at radius 2 is 1.74 bits per heavy atom. The van der Waals surface area contributed by atoms with Gasteiger partial charge in [-0.05, 0) is 25.0 Å². The maximum atomic E-state index is 3.87. The molecule has 1 spiro atoms. The molecule has 1 saturated carbocycles. The first kappa shape index (κ1) is 15.3. The van der Waals surface area contributed by atoms with Crippen LogP contribution >= 0.6 is 36.6 Å². The smallest absolute Gasteiger partial charge is 0.0961 e. The lowest BCUT2D eigenvalue weighted by Crippen LogP contribution is -2.59. The highest BCUT2D eigenvalue weighted by Gasteiger charge is 2.53. The summed E-state index contributed by atoms with van der Waals surface area (Å²) in [5, 5.41) is 7.49. The van der Waals surface area contributed by atoms with Crippen LogP contribution in [0.4, 0.5) is 5.69 Å². The molecule has 106 valence electrons. The summed E-state index contributed by atoms with van der Waals surface area (Å²) in [6, 6.07) is 8.79. The van der Waals surface area contributed by atoms with E-state index in [1.807, 2.05) is 0 Å². The highest BCUT2D eigenvalue weighted by molar-refractivity contribution is 8.01. The maximum absolute atomic E-state index is 3.87. The number of benzene rings is 1. The Hall–Kier alpha value is -0.0900. The first-order valence-electron chi connectivity index (χ1n) is 6.65. The lowest BCUT2D eigenvalue weighted by Gasteiger charge is -2.50. The Labute approximate surface area is 131 Å². The number of anilines is 1. The van der Waals surface area contributed by atoms with Gasteiger partial charge in [-0.3, -0.25) is 0 Å². The Morgan fingerprint density at radius 3 is 2.42 bits per heavy atom. The summed E-state index contributed by atoms with van der Waals surface area (Å²) in [6.07, 6.45) is 4.16. The first-order chi connectivity index (χ1) is 8.38. The molecule has 2 atom stereocenters. The number of rotatable bonds is 0. The van der Waals surface area contributed by atoms with Crippen molar-refractivity contribution < 1.29 is 0 Å². The fraction of sp³-hybridized carbons (Fsp3) is 0.571. The van der Waals surface area contributed by atoms with Crippen molar-refractivity contribution >= 4 is 42.3 Å². The Kier molecular flexibility index (Phi) is 4.61. The third-order valence-electron chi connectivity index (χ3n) is 4.60. The monoisotopic (exact) mass is 318 g/mol. The normalized spacial score (nSPS) is 34.7. The van der Waals surface area contributed by atoms with Crippen molar-refractivity contribution in [2.75, 3.05) is 18.4 Å². The van der Waals surface area contributed by atoms with Crippen molar-refractivity contribution in [3.63, 3.8) is 0 Å². The quantitative estimate of drug-likeness (QED) is 0.761. The van der Waals surface area contributed by atoms with Crippen molar-refractivity contribution in [3.8, 4) is 0 Å².